The predicted molar refractivity (Wildman–Crippen MR) is 112 cm³/mol. The Bertz CT molecular complexity index is 757. The van der Waals surface area contributed by atoms with Gasteiger partial charge in [0.15, 0.2) is 0 Å². The van der Waals surface area contributed by atoms with Crippen molar-refractivity contribution >= 4 is 31.0 Å². The molecule has 9 nitrogen and oxygen atoms in total. The van der Waals surface area contributed by atoms with Gasteiger partial charge >= 0.3 is 11.9 Å². The highest BCUT2D eigenvalue weighted by molar-refractivity contribution is 7.99. The minimum atomic E-state index is -0.731. The molecule has 1 aliphatic rings. The standard InChI is InChI=1S/C19H27BNO8S/c1-20-3-4-26-7-9-28-18(23)14-11-16(22)21-15(13-30-17(21)12-14)19(24)29-10-8-27-6-5-25-2/h11-12,15H,3-10,13H2,1-2H3. The van der Waals surface area contributed by atoms with Gasteiger partial charge in [-0.1, -0.05) is 13.1 Å². The largest absolute Gasteiger partial charge is 0.462 e. The molecule has 0 bridgehead atoms. The lowest BCUT2D eigenvalue weighted by atomic mass is 9.79. The number of aromatic nitrogens is 1. The molecule has 0 saturated heterocycles. The molecule has 1 aromatic heterocycles. The maximum absolute atomic E-state index is 12.5. The molecule has 0 aliphatic carbocycles. The lowest BCUT2D eigenvalue weighted by Gasteiger charge is -2.14. The van der Waals surface area contributed by atoms with Crippen molar-refractivity contribution in [3.8, 4) is 0 Å². The first-order valence-corrected chi connectivity index (χ1v) is 10.7. The molecule has 165 valence electrons. The first kappa shape index (κ1) is 24.5. The predicted octanol–water partition coefficient (Wildman–Crippen LogP) is 1.05. The summed E-state index contributed by atoms with van der Waals surface area (Å²) < 4.78 is 27.1. The van der Waals surface area contributed by atoms with Gasteiger partial charge in [0.25, 0.3) is 5.56 Å². The number of hydrogen-bond donors (Lipinski definition) is 0. The van der Waals surface area contributed by atoms with E-state index in [1.54, 1.807) is 13.2 Å². The Kier molecular flexibility index (Phi) is 11.0. The Morgan fingerprint density at radius 3 is 2.50 bits per heavy atom. The van der Waals surface area contributed by atoms with E-state index >= 15 is 0 Å². The number of thioether (sulfide) groups is 1. The maximum atomic E-state index is 12.5. The molecule has 2 heterocycles. The number of nitrogens with zero attached hydrogens (tertiary/aromatic N) is 1. The average molecular weight is 440 g/mol. The van der Waals surface area contributed by atoms with E-state index in [1.165, 1.54) is 22.4 Å². The summed E-state index contributed by atoms with van der Waals surface area (Å²) in [7, 11) is 3.56. The second-order valence-electron chi connectivity index (χ2n) is 6.34. The van der Waals surface area contributed by atoms with Crippen LogP contribution in [-0.2, 0) is 28.5 Å². The SMILES string of the molecule is C[B]CCOCCOC(=O)c1cc2n(c(=O)c1)C(C(=O)OCCOCCOC)CS2. The number of ether oxygens (including phenoxy) is 5. The maximum Gasteiger partial charge on any atom is 0.338 e. The van der Waals surface area contributed by atoms with Crippen LogP contribution in [0.15, 0.2) is 22.0 Å². The van der Waals surface area contributed by atoms with Gasteiger partial charge in [0.1, 0.15) is 26.5 Å². The normalized spacial score (nSPS) is 14.9. The van der Waals surface area contributed by atoms with Crippen molar-refractivity contribution in [3.63, 3.8) is 0 Å². The zero-order valence-electron chi connectivity index (χ0n) is 17.3. The lowest BCUT2D eigenvalue weighted by Crippen LogP contribution is -2.31. The Morgan fingerprint density at radius 2 is 1.77 bits per heavy atom. The molecular weight excluding hydrogens is 413 g/mol. The second-order valence-corrected chi connectivity index (χ2v) is 7.38. The highest BCUT2D eigenvalue weighted by Crippen LogP contribution is 2.32. The zero-order chi connectivity index (χ0) is 21.8. The van der Waals surface area contributed by atoms with Crippen molar-refractivity contribution in [2.24, 2.45) is 0 Å². The summed E-state index contributed by atoms with van der Waals surface area (Å²) in [4.78, 5) is 37.0. The van der Waals surface area contributed by atoms with Gasteiger partial charge in [-0.25, -0.2) is 9.59 Å². The van der Waals surface area contributed by atoms with Gasteiger partial charge in [0.05, 0.1) is 37.0 Å². The van der Waals surface area contributed by atoms with Crippen LogP contribution in [-0.4, -0.2) is 82.9 Å². The first-order chi connectivity index (χ1) is 14.6. The number of carbonyl (C=O) groups excluding carboxylic acids is 2. The van der Waals surface area contributed by atoms with Gasteiger partial charge in [-0.3, -0.25) is 9.36 Å². The van der Waals surface area contributed by atoms with Gasteiger partial charge in [0, 0.05) is 25.5 Å². The van der Waals surface area contributed by atoms with E-state index in [-0.39, 0.29) is 25.4 Å². The van der Waals surface area contributed by atoms with E-state index < -0.39 is 23.5 Å². The fraction of sp³-hybridized carbons (Fsp3) is 0.632. The summed E-state index contributed by atoms with van der Waals surface area (Å²) in [5.41, 5.74) is -0.293. The molecule has 11 heteroatoms. The summed E-state index contributed by atoms with van der Waals surface area (Å²) in [5.74, 6) is -0.740. The molecule has 1 aromatic rings. The van der Waals surface area contributed by atoms with E-state index in [4.69, 9.17) is 23.7 Å². The Morgan fingerprint density at radius 1 is 1.07 bits per heavy atom. The van der Waals surface area contributed by atoms with E-state index in [0.29, 0.717) is 37.2 Å². The molecule has 0 saturated carbocycles. The smallest absolute Gasteiger partial charge is 0.338 e. The van der Waals surface area contributed by atoms with Gasteiger partial charge in [-0.05, 0) is 6.07 Å². The van der Waals surface area contributed by atoms with E-state index in [1.807, 2.05) is 14.1 Å². The molecule has 30 heavy (non-hydrogen) atoms. The molecule has 1 radical (unpaired) electrons. The van der Waals surface area contributed by atoms with Crippen LogP contribution in [0, 0.1) is 0 Å². The highest BCUT2D eigenvalue weighted by atomic mass is 32.2. The number of pyridine rings is 1. The molecule has 0 spiro atoms. The van der Waals surface area contributed by atoms with Crippen LogP contribution in [0.1, 0.15) is 16.4 Å². The number of fused-ring (bicyclic) bond motifs is 1. The van der Waals surface area contributed by atoms with Crippen molar-refractivity contribution in [3.05, 3.63) is 28.0 Å². The van der Waals surface area contributed by atoms with Crippen LogP contribution in [0.25, 0.3) is 0 Å². The third kappa shape index (κ3) is 7.46. The van der Waals surface area contributed by atoms with Crippen molar-refractivity contribution in [2.45, 2.75) is 24.2 Å². The molecule has 0 amide bonds. The Balaban J connectivity index is 1.86. The number of carbonyl (C=O) groups is 2. The third-order valence-electron chi connectivity index (χ3n) is 4.16. The summed E-state index contributed by atoms with van der Waals surface area (Å²) in [6.45, 7) is 4.14. The number of esters is 2. The molecule has 1 atom stereocenters. The topological polar surface area (TPSA) is 102 Å². The molecule has 0 N–H and O–H groups in total. The molecule has 1 unspecified atom stereocenters. The van der Waals surface area contributed by atoms with Crippen molar-refractivity contribution < 1.29 is 33.3 Å². The summed E-state index contributed by atoms with van der Waals surface area (Å²) in [6.07, 6.45) is 0.831. The summed E-state index contributed by atoms with van der Waals surface area (Å²) in [5, 5.41) is 0.530. The molecule has 0 aromatic carbocycles. The fourth-order valence-corrected chi connectivity index (χ4v) is 3.81. The molecule has 2 rings (SSSR count). The van der Waals surface area contributed by atoms with Crippen LogP contribution in [0.3, 0.4) is 0 Å². The number of methoxy groups -OCH3 is 1. The van der Waals surface area contributed by atoms with Gasteiger partial charge in [-0.2, -0.15) is 0 Å². The average Bonchev–Trinajstić information content (AvgIpc) is 3.17. The van der Waals surface area contributed by atoms with Gasteiger partial charge in [-0.15, -0.1) is 11.8 Å². The Labute approximate surface area is 180 Å². The van der Waals surface area contributed by atoms with Crippen molar-refractivity contribution in [1.29, 1.82) is 0 Å². The minimum absolute atomic E-state index is 0.0938. The number of rotatable bonds is 14. The van der Waals surface area contributed by atoms with Crippen LogP contribution in [0.4, 0.5) is 0 Å². The lowest BCUT2D eigenvalue weighted by molar-refractivity contribution is -0.148. The minimum Gasteiger partial charge on any atom is -0.462 e. The summed E-state index contributed by atoms with van der Waals surface area (Å²) in [6, 6.07) is 2.01. The molecular formula is C19H27BNO8S. The Hall–Kier alpha value is -1.82. The van der Waals surface area contributed by atoms with Gasteiger partial charge in [0.2, 0.25) is 0 Å². The zero-order valence-corrected chi connectivity index (χ0v) is 18.1. The quantitative estimate of drug-likeness (QED) is 0.239. The van der Waals surface area contributed by atoms with E-state index in [2.05, 4.69) is 0 Å². The molecule has 1 aliphatic heterocycles. The van der Waals surface area contributed by atoms with E-state index in [9.17, 15) is 14.4 Å². The van der Waals surface area contributed by atoms with Gasteiger partial charge < -0.3 is 23.7 Å². The highest BCUT2D eigenvalue weighted by Gasteiger charge is 2.32. The first-order valence-electron chi connectivity index (χ1n) is 9.74. The van der Waals surface area contributed by atoms with Crippen LogP contribution >= 0.6 is 11.8 Å². The van der Waals surface area contributed by atoms with E-state index in [0.717, 1.165) is 6.32 Å². The van der Waals surface area contributed by atoms with Crippen LogP contribution < -0.4 is 5.56 Å². The van der Waals surface area contributed by atoms with Crippen molar-refractivity contribution in [1.82, 2.24) is 4.57 Å². The van der Waals surface area contributed by atoms with Crippen LogP contribution in [0.5, 0.6) is 0 Å². The monoisotopic (exact) mass is 440 g/mol. The number of hydrogen-bond acceptors (Lipinski definition) is 9. The second kappa shape index (κ2) is 13.5. The van der Waals surface area contributed by atoms with Crippen molar-refractivity contribution in [2.75, 3.05) is 59.1 Å². The fourth-order valence-electron chi connectivity index (χ4n) is 2.63. The third-order valence-corrected chi connectivity index (χ3v) is 5.25. The van der Waals surface area contributed by atoms with Crippen LogP contribution in [0.2, 0.25) is 13.1 Å². The summed E-state index contributed by atoms with van der Waals surface area (Å²) >= 11 is 1.32. The molecule has 0 fully saturated rings.